The number of rotatable bonds is 4. The zero-order valence-corrected chi connectivity index (χ0v) is 18.0. The topological polar surface area (TPSA) is 57.3 Å². The first kappa shape index (κ1) is 19.6. The van der Waals surface area contributed by atoms with Gasteiger partial charge in [-0.25, -0.2) is 4.79 Å². The Balaban J connectivity index is 1.09. The lowest BCUT2D eigenvalue weighted by Crippen LogP contribution is -2.49. The molecule has 4 aliphatic rings. The first-order valence-electron chi connectivity index (χ1n) is 11.3. The summed E-state index contributed by atoms with van der Waals surface area (Å²) in [5.74, 6) is 1.68. The minimum atomic E-state index is -0.117. The lowest BCUT2D eigenvalue weighted by molar-refractivity contribution is -0.00311. The van der Waals surface area contributed by atoms with E-state index in [0.717, 1.165) is 60.9 Å². The van der Waals surface area contributed by atoms with E-state index in [9.17, 15) is 4.79 Å². The monoisotopic (exact) mass is 404 g/mol. The SMILES string of the molecule is CC1(C)[C@@H]2CC(CN3CCC(NC(=O)Nc4ccc5ncccc5c4)CC3)=C[C@H]1C2. The van der Waals surface area contributed by atoms with Gasteiger partial charge in [0, 0.05) is 42.9 Å². The van der Waals surface area contributed by atoms with E-state index >= 15 is 0 Å². The van der Waals surface area contributed by atoms with Crippen LogP contribution < -0.4 is 10.6 Å². The molecule has 1 aromatic heterocycles. The average molecular weight is 405 g/mol. The molecule has 2 atom stereocenters. The van der Waals surface area contributed by atoms with Gasteiger partial charge in [0.25, 0.3) is 0 Å². The van der Waals surface area contributed by atoms with Gasteiger partial charge in [-0.3, -0.25) is 9.88 Å². The molecule has 2 bridgehead atoms. The van der Waals surface area contributed by atoms with Gasteiger partial charge in [0.15, 0.2) is 0 Å². The van der Waals surface area contributed by atoms with Gasteiger partial charge in [-0.2, -0.15) is 0 Å². The number of allylic oxidation sites excluding steroid dienone is 1. The molecule has 5 nitrogen and oxygen atoms in total. The van der Waals surface area contributed by atoms with Crippen molar-refractivity contribution in [1.29, 1.82) is 0 Å². The molecule has 30 heavy (non-hydrogen) atoms. The molecule has 6 rings (SSSR count). The lowest BCUT2D eigenvalue weighted by atomic mass is 9.50. The normalized spacial score (nSPS) is 26.0. The van der Waals surface area contributed by atoms with E-state index in [-0.39, 0.29) is 12.1 Å². The molecule has 3 aliphatic carbocycles. The van der Waals surface area contributed by atoms with Gasteiger partial charge in [-0.1, -0.05) is 31.6 Å². The van der Waals surface area contributed by atoms with Crippen molar-refractivity contribution in [2.24, 2.45) is 17.3 Å². The maximum absolute atomic E-state index is 12.5. The Morgan fingerprint density at radius 1 is 1.23 bits per heavy atom. The van der Waals surface area contributed by atoms with E-state index in [2.05, 4.69) is 40.4 Å². The molecular weight excluding hydrogens is 372 g/mol. The highest BCUT2D eigenvalue weighted by Crippen LogP contribution is 2.58. The number of hydrogen-bond acceptors (Lipinski definition) is 3. The number of nitrogens with one attached hydrogen (secondary N) is 2. The highest BCUT2D eigenvalue weighted by molar-refractivity contribution is 5.92. The van der Waals surface area contributed by atoms with Crippen molar-refractivity contribution < 1.29 is 4.79 Å². The summed E-state index contributed by atoms with van der Waals surface area (Å²) in [7, 11) is 0. The Morgan fingerprint density at radius 2 is 2.07 bits per heavy atom. The van der Waals surface area contributed by atoms with Crippen molar-refractivity contribution in [3.8, 4) is 0 Å². The van der Waals surface area contributed by atoms with Crippen LogP contribution in [-0.4, -0.2) is 41.6 Å². The molecule has 2 fully saturated rings. The zero-order chi connectivity index (χ0) is 20.7. The number of piperidine rings is 1. The summed E-state index contributed by atoms with van der Waals surface area (Å²) < 4.78 is 0. The van der Waals surface area contributed by atoms with Crippen LogP contribution in [0.25, 0.3) is 10.9 Å². The molecule has 2 heterocycles. The second-order valence-electron chi connectivity index (χ2n) is 9.95. The number of amides is 2. The molecular formula is C25H32N4O. The number of benzene rings is 1. The first-order valence-corrected chi connectivity index (χ1v) is 11.3. The van der Waals surface area contributed by atoms with Gasteiger partial charge in [0.1, 0.15) is 0 Å². The number of pyridine rings is 1. The van der Waals surface area contributed by atoms with E-state index in [4.69, 9.17) is 0 Å². The van der Waals surface area contributed by atoms with Crippen LogP contribution in [0.4, 0.5) is 10.5 Å². The molecule has 0 unspecified atom stereocenters. The van der Waals surface area contributed by atoms with Crippen LogP contribution in [-0.2, 0) is 0 Å². The third-order valence-corrected chi connectivity index (χ3v) is 7.70. The maximum atomic E-state index is 12.5. The van der Waals surface area contributed by atoms with Crippen molar-refractivity contribution in [3.05, 3.63) is 48.2 Å². The second kappa shape index (κ2) is 7.69. The zero-order valence-electron chi connectivity index (χ0n) is 18.0. The number of aromatic nitrogens is 1. The van der Waals surface area contributed by atoms with Crippen LogP contribution >= 0.6 is 0 Å². The van der Waals surface area contributed by atoms with Crippen LogP contribution in [0.2, 0.25) is 0 Å². The largest absolute Gasteiger partial charge is 0.335 e. The summed E-state index contributed by atoms with van der Waals surface area (Å²) in [5, 5.41) is 7.16. The highest BCUT2D eigenvalue weighted by atomic mass is 16.2. The van der Waals surface area contributed by atoms with Gasteiger partial charge in [-0.15, -0.1) is 0 Å². The summed E-state index contributed by atoms with van der Waals surface area (Å²) >= 11 is 0. The number of hydrogen-bond donors (Lipinski definition) is 2. The molecule has 0 radical (unpaired) electrons. The number of carbonyl (C=O) groups is 1. The third-order valence-electron chi connectivity index (χ3n) is 7.70. The Kier molecular flexibility index (Phi) is 5.02. The van der Waals surface area contributed by atoms with Crippen molar-refractivity contribution >= 4 is 22.6 Å². The van der Waals surface area contributed by atoms with Crippen molar-refractivity contribution in [3.63, 3.8) is 0 Å². The minimum Gasteiger partial charge on any atom is -0.335 e. The van der Waals surface area contributed by atoms with E-state index in [1.54, 1.807) is 11.8 Å². The average Bonchev–Trinajstić information content (AvgIpc) is 2.75. The van der Waals surface area contributed by atoms with Gasteiger partial charge in [0.05, 0.1) is 5.52 Å². The molecule has 2 aromatic rings. The van der Waals surface area contributed by atoms with Gasteiger partial charge in [-0.05, 0) is 67.2 Å². The standard InChI is InChI=1S/C25H32N4O/c1-25(2)19-12-17(13-20(25)15-19)16-29-10-7-21(8-11-29)27-24(30)28-22-5-6-23-18(14-22)4-3-9-26-23/h3-6,9,12,14,19-21H,7-8,10-11,13,15-16H2,1-2H3,(H2,27,28,30)/t19-,20+/m0/s1. The summed E-state index contributed by atoms with van der Waals surface area (Å²) in [6, 6.07) is 9.86. The maximum Gasteiger partial charge on any atom is 0.319 e. The Morgan fingerprint density at radius 3 is 2.80 bits per heavy atom. The second-order valence-corrected chi connectivity index (χ2v) is 9.95. The molecule has 2 amide bonds. The highest BCUT2D eigenvalue weighted by Gasteiger charge is 2.49. The van der Waals surface area contributed by atoms with E-state index in [1.807, 2.05) is 30.3 Å². The summed E-state index contributed by atoms with van der Waals surface area (Å²) in [4.78, 5) is 19.3. The Hall–Kier alpha value is -2.40. The van der Waals surface area contributed by atoms with E-state index < -0.39 is 0 Å². The molecule has 1 aliphatic heterocycles. The van der Waals surface area contributed by atoms with Crippen LogP contribution in [0, 0.1) is 17.3 Å². The van der Waals surface area contributed by atoms with Gasteiger partial charge in [0.2, 0.25) is 0 Å². The van der Waals surface area contributed by atoms with Gasteiger partial charge < -0.3 is 10.6 Å². The number of carbonyl (C=O) groups excluding carboxylic acids is 1. The minimum absolute atomic E-state index is 0.117. The fraction of sp³-hybridized carbons (Fsp3) is 0.520. The summed E-state index contributed by atoms with van der Waals surface area (Å²) in [5.41, 5.74) is 3.90. The number of anilines is 1. The van der Waals surface area contributed by atoms with Crippen LogP contribution in [0.3, 0.4) is 0 Å². The molecule has 1 saturated carbocycles. The molecule has 158 valence electrons. The number of nitrogens with zero attached hydrogens (tertiary/aromatic N) is 2. The number of likely N-dealkylation sites (tertiary alicyclic amines) is 1. The molecule has 1 saturated heterocycles. The number of fused-ring (bicyclic) bond motifs is 2. The Bertz CT molecular complexity index is 974. The Labute approximate surface area is 178 Å². The first-order chi connectivity index (χ1) is 14.5. The van der Waals surface area contributed by atoms with Gasteiger partial charge >= 0.3 is 6.03 Å². The fourth-order valence-electron chi connectivity index (χ4n) is 5.50. The molecule has 5 heteroatoms. The van der Waals surface area contributed by atoms with Crippen molar-refractivity contribution in [2.75, 3.05) is 25.0 Å². The third kappa shape index (κ3) is 3.83. The smallest absolute Gasteiger partial charge is 0.319 e. The van der Waals surface area contributed by atoms with Crippen LogP contribution in [0.15, 0.2) is 48.2 Å². The number of urea groups is 1. The lowest BCUT2D eigenvalue weighted by Gasteiger charge is -2.55. The fourth-order valence-corrected chi connectivity index (χ4v) is 5.50. The quantitative estimate of drug-likeness (QED) is 0.719. The molecule has 0 spiro atoms. The molecule has 1 aromatic carbocycles. The predicted octanol–water partition coefficient (Wildman–Crippen LogP) is 4.81. The van der Waals surface area contributed by atoms with E-state index in [0.29, 0.717) is 5.41 Å². The van der Waals surface area contributed by atoms with E-state index in [1.165, 1.54) is 12.8 Å². The molecule has 2 N–H and O–H groups in total. The van der Waals surface area contributed by atoms with Crippen LogP contribution in [0.1, 0.15) is 39.5 Å². The predicted molar refractivity (Wildman–Crippen MR) is 121 cm³/mol. The van der Waals surface area contributed by atoms with Crippen LogP contribution in [0.5, 0.6) is 0 Å². The summed E-state index contributed by atoms with van der Waals surface area (Å²) in [6.45, 7) is 8.09. The summed E-state index contributed by atoms with van der Waals surface area (Å²) in [6.07, 6.45) is 9.05. The van der Waals surface area contributed by atoms with Crippen molar-refractivity contribution in [2.45, 2.75) is 45.6 Å². The van der Waals surface area contributed by atoms with Crippen molar-refractivity contribution in [1.82, 2.24) is 15.2 Å².